The third-order valence-electron chi connectivity index (χ3n) is 3.43. The average molecular weight is 277 g/mol. The standard InChI is InChI=1S/C19H16FN/c20-19-9-5-4-8-17(19)14-21-18-12-10-16(11-13-18)15-6-2-1-3-7-15/h1-13,21H,14H2. The molecule has 0 heterocycles. The quantitative estimate of drug-likeness (QED) is 0.699. The van der Waals surface area contributed by atoms with Crippen LogP contribution in [-0.4, -0.2) is 0 Å². The number of hydrogen-bond acceptors (Lipinski definition) is 1. The van der Waals surface area contributed by atoms with E-state index in [1.54, 1.807) is 12.1 Å². The van der Waals surface area contributed by atoms with Gasteiger partial charge >= 0.3 is 0 Å². The van der Waals surface area contributed by atoms with Gasteiger partial charge in [0, 0.05) is 17.8 Å². The largest absolute Gasteiger partial charge is 0.381 e. The highest BCUT2D eigenvalue weighted by molar-refractivity contribution is 5.65. The first kappa shape index (κ1) is 13.4. The van der Waals surface area contributed by atoms with E-state index in [9.17, 15) is 4.39 Å². The minimum Gasteiger partial charge on any atom is -0.381 e. The third-order valence-corrected chi connectivity index (χ3v) is 3.43. The van der Waals surface area contributed by atoms with Crippen molar-refractivity contribution in [3.8, 4) is 11.1 Å². The molecule has 21 heavy (non-hydrogen) atoms. The van der Waals surface area contributed by atoms with Crippen molar-refractivity contribution in [1.29, 1.82) is 0 Å². The van der Waals surface area contributed by atoms with Gasteiger partial charge in [-0.05, 0) is 29.3 Å². The zero-order valence-corrected chi connectivity index (χ0v) is 11.6. The normalized spacial score (nSPS) is 10.3. The van der Waals surface area contributed by atoms with Gasteiger partial charge in [0.15, 0.2) is 0 Å². The van der Waals surface area contributed by atoms with Crippen molar-refractivity contribution in [2.24, 2.45) is 0 Å². The maximum absolute atomic E-state index is 13.5. The maximum Gasteiger partial charge on any atom is 0.128 e. The molecule has 0 amide bonds. The summed E-state index contributed by atoms with van der Waals surface area (Å²) in [6.45, 7) is 0.483. The van der Waals surface area contributed by atoms with Crippen LogP contribution in [0.4, 0.5) is 10.1 Å². The van der Waals surface area contributed by atoms with Gasteiger partial charge in [0.05, 0.1) is 0 Å². The molecule has 0 radical (unpaired) electrons. The third kappa shape index (κ3) is 3.29. The first-order valence-electron chi connectivity index (χ1n) is 6.96. The van der Waals surface area contributed by atoms with Gasteiger partial charge in [-0.3, -0.25) is 0 Å². The Labute approximate surface area is 124 Å². The van der Waals surface area contributed by atoms with Gasteiger partial charge in [0.25, 0.3) is 0 Å². The summed E-state index contributed by atoms with van der Waals surface area (Å²) in [6, 6.07) is 25.2. The fourth-order valence-electron chi connectivity index (χ4n) is 2.25. The summed E-state index contributed by atoms with van der Waals surface area (Å²) >= 11 is 0. The molecule has 0 atom stereocenters. The molecule has 0 fully saturated rings. The lowest BCUT2D eigenvalue weighted by atomic mass is 10.1. The van der Waals surface area contributed by atoms with Crippen LogP contribution in [-0.2, 0) is 6.54 Å². The molecule has 104 valence electrons. The second-order valence-electron chi connectivity index (χ2n) is 4.89. The Balaban J connectivity index is 1.69. The number of anilines is 1. The predicted molar refractivity (Wildman–Crippen MR) is 85.6 cm³/mol. The summed E-state index contributed by atoms with van der Waals surface area (Å²) in [5, 5.41) is 3.24. The van der Waals surface area contributed by atoms with Gasteiger partial charge in [-0.1, -0.05) is 60.7 Å². The summed E-state index contributed by atoms with van der Waals surface area (Å²) in [5.74, 6) is -0.175. The zero-order valence-electron chi connectivity index (χ0n) is 11.6. The van der Waals surface area contributed by atoms with E-state index in [0.717, 1.165) is 5.69 Å². The molecule has 0 saturated heterocycles. The van der Waals surface area contributed by atoms with E-state index in [4.69, 9.17) is 0 Å². The zero-order chi connectivity index (χ0) is 14.5. The molecule has 0 bridgehead atoms. The van der Waals surface area contributed by atoms with E-state index in [-0.39, 0.29) is 5.82 Å². The summed E-state index contributed by atoms with van der Waals surface area (Å²) in [5.41, 5.74) is 4.02. The molecule has 0 saturated carbocycles. The van der Waals surface area contributed by atoms with E-state index in [1.165, 1.54) is 17.2 Å². The first-order valence-corrected chi connectivity index (χ1v) is 6.96. The average Bonchev–Trinajstić information content (AvgIpc) is 2.55. The molecule has 0 aromatic heterocycles. The highest BCUT2D eigenvalue weighted by atomic mass is 19.1. The molecule has 0 aliphatic rings. The summed E-state index contributed by atoms with van der Waals surface area (Å²) in [6.07, 6.45) is 0. The van der Waals surface area contributed by atoms with E-state index >= 15 is 0 Å². The van der Waals surface area contributed by atoms with Crippen LogP contribution in [0.1, 0.15) is 5.56 Å². The van der Waals surface area contributed by atoms with Crippen molar-refractivity contribution in [3.63, 3.8) is 0 Å². The Morgan fingerprint density at radius 2 is 1.29 bits per heavy atom. The van der Waals surface area contributed by atoms with Crippen molar-refractivity contribution < 1.29 is 4.39 Å². The van der Waals surface area contributed by atoms with Gasteiger partial charge < -0.3 is 5.32 Å². The molecule has 1 nitrogen and oxygen atoms in total. The van der Waals surface area contributed by atoms with Crippen LogP contribution in [0.2, 0.25) is 0 Å². The monoisotopic (exact) mass is 277 g/mol. The number of benzene rings is 3. The van der Waals surface area contributed by atoms with Crippen LogP contribution in [0.5, 0.6) is 0 Å². The lowest BCUT2D eigenvalue weighted by molar-refractivity contribution is 0.613. The molecule has 1 N–H and O–H groups in total. The Morgan fingerprint density at radius 3 is 2.00 bits per heavy atom. The van der Waals surface area contributed by atoms with Crippen LogP contribution < -0.4 is 5.32 Å². The fraction of sp³-hybridized carbons (Fsp3) is 0.0526. The number of nitrogens with one attached hydrogen (secondary N) is 1. The summed E-state index contributed by atoms with van der Waals surface area (Å²) in [7, 11) is 0. The van der Waals surface area contributed by atoms with E-state index in [1.807, 2.05) is 36.4 Å². The van der Waals surface area contributed by atoms with Gasteiger partial charge in [-0.25, -0.2) is 4.39 Å². The highest BCUT2D eigenvalue weighted by Crippen LogP contribution is 2.21. The van der Waals surface area contributed by atoms with Gasteiger partial charge in [-0.15, -0.1) is 0 Å². The minimum absolute atomic E-state index is 0.175. The number of halogens is 1. The molecule has 0 unspecified atom stereocenters. The first-order chi connectivity index (χ1) is 10.3. The lowest BCUT2D eigenvalue weighted by Crippen LogP contribution is -2.01. The molecule has 3 rings (SSSR count). The van der Waals surface area contributed by atoms with Gasteiger partial charge in [0.2, 0.25) is 0 Å². The van der Waals surface area contributed by atoms with Crippen molar-refractivity contribution in [2.45, 2.75) is 6.54 Å². The van der Waals surface area contributed by atoms with Gasteiger partial charge in [0.1, 0.15) is 5.82 Å². The van der Waals surface area contributed by atoms with E-state index in [2.05, 4.69) is 29.6 Å². The van der Waals surface area contributed by atoms with Crippen molar-refractivity contribution in [1.82, 2.24) is 0 Å². The van der Waals surface area contributed by atoms with Gasteiger partial charge in [-0.2, -0.15) is 0 Å². The molecule has 2 heteroatoms. The lowest BCUT2D eigenvalue weighted by Gasteiger charge is -2.08. The molecule has 0 aliphatic carbocycles. The maximum atomic E-state index is 13.5. The van der Waals surface area contributed by atoms with Crippen molar-refractivity contribution >= 4 is 5.69 Å². The Bertz CT molecular complexity index is 705. The molecule has 3 aromatic rings. The van der Waals surface area contributed by atoms with Crippen LogP contribution in [0.15, 0.2) is 78.9 Å². The summed E-state index contributed by atoms with van der Waals surface area (Å²) in [4.78, 5) is 0. The Morgan fingerprint density at radius 1 is 0.667 bits per heavy atom. The van der Waals surface area contributed by atoms with Crippen LogP contribution in [0.3, 0.4) is 0 Å². The van der Waals surface area contributed by atoms with E-state index in [0.29, 0.717) is 12.1 Å². The highest BCUT2D eigenvalue weighted by Gasteiger charge is 2.01. The van der Waals surface area contributed by atoms with E-state index < -0.39 is 0 Å². The smallest absolute Gasteiger partial charge is 0.128 e. The van der Waals surface area contributed by atoms with Crippen molar-refractivity contribution in [3.05, 3.63) is 90.2 Å². The second kappa shape index (κ2) is 6.23. The molecular weight excluding hydrogens is 261 g/mol. The van der Waals surface area contributed by atoms with Crippen LogP contribution in [0.25, 0.3) is 11.1 Å². The molecule has 0 aliphatic heterocycles. The number of rotatable bonds is 4. The molecule has 3 aromatic carbocycles. The number of hydrogen-bond donors (Lipinski definition) is 1. The summed E-state index contributed by atoms with van der Waals surface area (Å²) < 4.78 is 13.5. The topological polar surface area (TPSA) is 12.0 Å². The van der Waals surface area contributed by atoms with Crippen molar-refractivity contribution in [2.75, 3.05) is 5.32 Å². The Kier molecular flexibility index (Phi) is 3.97. The second-order valence-corrected chi connectivity index (χ2v) is 4.89. The predicted octanol–water partition coefficient (Wildman–Crippen LogP) is 5.10. The molecule has 0 spiro atoms. The molecular formula is C19H16FN. The fourth-order valence-corrected chi connectivity index (χ4v) is 2.25. The minimum atomic E-state index is -0.175. The van der Waals surface area contributed by atoms with Crippen LogP contribution >= 0.6 is 0 Å². The Hall–Kier alpha value is -2.61. The van der Waals surface area contributed by atoms with Crippen LogP contribution in [0, 0.1) is 5.82 Å². The SMILES string of the molecule is Fc1ccccc1CNc1ccc(-c2ccccc2)cc1.